The Morgan fingerprint density at radius 2 is 1.92 bits per heavy atom. The van der Waals surface area contributed by atoms with Crippen LogP contribution in [0.1, 0.15) is 26.7 Å². The lowest BCUT2D eigenvalue weighted by atomic mass is 10.2. The number of hydrogen-bond acceptors (Lipinski definition) is 5. The molecule has 1 aromatic carbocycles. The van der Waals surface area contributed by atoms with E-state index < -0.39 is 0 Å². The van der Waals surface area contributed by atoms with Gasteiger partial charge in [0.05, 0.1) is 15.6 Å². The van der Waals surface area contributed by atoms with E-state index in [-0.39, 0.29) is 5.91 Å². The monoisotopic (exact) mass is 376 g/mol. The van der Waals surface area contributed by atoms with Crippen LogP contribution in [-0.4, -0.2) is 28.2 Å². The molecule has 6 heteroatoms. The van der Waals surface area contributed by atoms with Gasteiger partial charge in [0, 0.05) is 18.0 Å². The van der Waals surface area contributed by atoms with Crippen molar-refractivity contribution in [1.82, 2.24) is 4.90 Å². The van der Waals surface area contributed by atoms with Crippen LogP contribution in [0, 0.1) is 0 Å². The van der Waals surface area contributed by atoms with Crippen LogP contribution >= 0.6 is 35.7 Å². The van der Waals surface area contributed by atoms with E-state index in [0.717, 1.165) is 19.4 Å². The molecule has 0 aliphatic carbocycles. The summed E-state index contributed by atoms with van der Waals surface area (Å²) < 4.78 is 0.650. The summed E-state index contributed by atoms with van der Waals surface area (Å²) in [4.78, 5) is 18.3. The Bertz CT molecular complexity index is 727. The van der Waals surface area contributed by atoms with Crippen LogP contribution in [0.2, 0.25) is 0 Å². The molecule has 126 valence electrons. The minimum Gasteiger partial charge on any atom is -0.335 e. The largest absolute Gasteiger partial charge is 0.335 e. The van der Waals surface area contributed by atoms with Crippen LogP contribution in [0.4, 0.5) is 5.69 Å². The zero-order valence-corrected chi connectivity index (χ0v) is 16.3. The van der Waals surface area contributed by atoms with Gasteiger partial charge < -0.3 is 4.90 Å². The van der Waals surface area contributed by atoms with Gasteiger partial charge in [-0.1, -0.05) is 61.2 Å². The number of carbonyl (C=O) groups is 1. The Morgan fingerprint density at radius 3 is 2.62 bits per heavy atom. The molecule has 1 saturated heterocycles. The number of anilines is 1. The van der Waals surface area contributed by atoms with Gasteiger partial charge in [-0.3, -0.25) is 9.69 Å². The molecule has 0 N–H and O–H groups in total. The number of hydrogen-bond donors (Lipinski definition) is 0. The number of thiocarbonyl (C=S) groups is 1. The van der Waals surface area contributed by atoms with E-state index in [1.807, 2.05) is 13.0 Å². The van der Waals surface area contributed by atoms with Gasteiger partial charge in [-0.2, -0.15) is 0 Å². The average molecular weight is 377 g/mol. The Morgan fingerprint density at radius 1 is 1.12 bits per heavy atom. The zero-order valence-electron chi connectivity index (χ0n) is 13.8. The fourth-order valence-corrected chi connectivity index (χ4v) is 5.07. The second kappa shape index (κ2) is 7.76. The minimum atomic E-state index is 0.0185. The number of unbranched alkanes of at least 4 members (excludes halogenated alkanes) is 1. The van der Waals surface area contributed by atoms with Crippen LogP contribution in [0.3, 0.4) is 0 Å². The smallest absolute Gasteiger partial charge is 0.266 e. The number of nitrogens with zero attached hydrogens (tertiary/aromatic N) is 2. The molecule has 24 heavy (non-hydrogen) atoms. The predicted octanol–water partition coefficient (Wildman–Crippen LogP) is 5.00. The Balaban J connectivity index is 1.85. The first-order valence-electron chi connectivity index (χ1n) is 8.15. The van der Waals surface area contributed by atoms with E-state index >= 15 is 0 Å². The van der Waals surface area contributed by atoms with Crippen molar-refractivity contribution >= 4 is 51.7 Å². The Hall–Kier alpha value is -1.24. The molecule has 0 bridgehead atoms. The normalized spacial score (nSPS) is 20.6. The third-order valence-electron chi connectivity index (χ3n) is 3.94. The molecule has 1 aromatic rings. The van der Waals surface area contributed by atoms with Crippen molar-refractivity contribution in [2.24, 2.45) is 0 Å². The van der Waals surface area contributed by atoms with E-state index in [9.17, 15) is 4.79 Å². The van der Waals surface area contributed by atoms with Crippen LogP contribution in [0.15, 0.2) is 51.2 Å². The van der Waals surface area contributed by atoms with Gasteiger partial charge in [0.15, 0.2) is 0 Å². The minimum absolute atomic E-state index is 0.0185. The van der Waals surface area contributed by atoms with Crippen molar-refractivity contribution in [1.29, 1.82) is 0 Å². The summed E-state index contributed by atoms with van der Waals surface area (Å²) in [6, 6.07) is 8.46. The second-order valence-corrected chi connectivity index (χ2v) is 8.27. The maximum atomic E-state index is 12.3. The fourth-order valence-electron chi connectivity index (χ4n) is 2.66. The maximum absolute atomic E-state index is 12.3. The molecule has 3 nitrogen and oxygen atoms in total. The third-order valence-corrected chi connectivity index (χ3v) is 6.47. The van der Waals surface area contributed by atoms with Gasteiger partial charge in [0.2, 0.25) is 0 Å². The molecule has 0 radical (unpaired) electrons. The molecule has 0 saturated carbocycles. The molecule has 1 amide bonds. The van der Waals surface area contributed by atoms with Gasteiger partial charge in [-0.25, -0.2) is 0 Å². The summed E-state index contributed by atoms with van der Waals surface area (Å²) in [6.07, 6.45) is 6.28. The van der Waals surface area contributed by atoms with E-state index in [0.29, 0.717) is 15.8 Å². The molecule has 0 spiro atoms. The van der Waals surface area contributed by atoms with Crippen molar-refractivity contribution in [2.75, 3.05) is 18.0 Å². The van der Waals surface area contributed by atoms with Crippen molar-refractivity contribution in [2.45, 2.75) is 31.6 Å². The molecule has 0 unspecified atom stereocenters. The fraction of sp³-hybridized carbons (Fsp3) is 0.333. The van der Waals surface area contributed by atoms with Crippen LogP contribution in [0.5, 0.6) is 0 Å². The topological polar surface area (TPSA) is 23.6 Å². The first kappa shape index (κ1) is 17.6. The summed E-state index contributed by atoms with van der Waals surface area (Å²) in [5, 5.41) is 1.17. The average Bonchev–Trinajstić information content (AvgIpc) is 3.07. The Labute approximate surface area is 157 Å². The summed E-state index contributed by atoms with van der Waals surface area (Å²) in [7, 11) is 0. The van der Waals surface area contributed by atoms with Crippen molar-refractivity contribution in [3.63, 3.8) is 0 Å². The molecule has 0 atom stereocenters. The third kappa shape index (κ3) is 3.41. The SMILES string of the molecule is CCCCN1C(=CC=C2SC(=S)N(CC)C2=O)Sc2ccccc21. The second-order valence-electron chi connectivity index (χ2n) is 5.53. The van der Waals surface area contributed by atoms with Gasteiger partial charge in [-0.15, -0.1) is 0 Å². The lowest BCUT2D eigenvalue weighted by Gasteiger charge is -2.19. The molecule has 0 aromatic heterocycles. The standard InChI is InChI=1S/C18H20N2OS3/c1-3-5-12-20-13-8-6-7-9-14(13)23-16(20)11-10-15-17(21)19(4-2)18(22)24-15/h6-11H,3-5,12H2,1-2H3. The van der Waals surface area contributed by atoms with E-state index in [1.54, 1.807) is 16.7 Å². The van der Waals surface area contributed by atoms with Crippen molar-refractivity contribution < 1.29 is 4.79 Å². The zero-order chi connectivity index (χ0) is 17.1. The molecule has 1 fully saturated rings. The van der Waals surface area contributed by atoms with Crippen molar-refractivity contribution in [3.8, 4) is 0 Å². The van der Waals surface area contributed by atoms with E-state index in [1.165, 1.54) is 27.4 Å². The predicted molar refractivity (Wildman–Crippen MR) is 108 cm³/mol. The molecule has 2 aliphatic rings. The van der Waals surface area contributed by atoms with Crippen molar-refractivity contribution in [3.05, 3.63) is 46.4 Å². The van der Waals surface area contributed by atoms with Crippen LogP contribution in [-0.2, 0) is 4.79 Å². The number of amides is 1. The molecule has 2 aliphatic heterocycles. The molecule has 3 rings (SSSR count). The lowest BCUT2D eigenvalue weighted by molar-refractivity contribution is -0.122. The number of likely N-dealkylation sites (N-methyl/N-ethyl adjacent to an activating group) is 1. The lowest BCUT2D eigenvalue weighted by Crippen LogP contribution is -2.27. The van der Waals surface area contributed by atoms with Gasteiger partial charge in [0.1, 0.15) is 4.32 Å². The maximum Gasteiger partial charge on any atom is 0.266 e. The van der Waals surface area contributed by atoms with Crippen LogP contribution in [0.25, 0.3) is 0 Å². The highest BCUT2D eigenvalue weighted by molar-refractivity contribution is 8.26. The number of carbonyl (C=O) groups excluding carboxylic acids is 1. The highest BCUT2D eigenvalue weighted by Gasteiger charge is 2.30. The van der Waals surface area contributed by atoms with Gasteiger partial charge in [-0.05, 0) is 37.6 Å². The van der Waals surface area contributed by atoms with Gasteiger partial charge in [0.25, 0.3) is 5.91 Å². The van der Waals surface area contributed by atoms with E-state index in [4.69, 9.17) is 12.2 Å². The first-order valence-corrected chi connectivity index (χ1v) is 10.2. The highest BCUT2D eigenvalue weighted by Crippen LogP contribution is 2.46. The van der Waals surface area contributed by atoms with E-state index in [2.05, 4.69) is 42.2 Å². The number of rotatable bonds is 5. The molecular weight excluding hydrogens is 356 g/mol. The van der Waals surface area contributed by atoms with Crippen LogP contribution < -0.4 is 4.90 Å². The number of benzene rings is 1. The number of fused-ring (bicyclic) bond motifs is 1. The Kier molecular flexibility index (Phi) is 5.69. The molecular formula is C18H20N2OS3. The summed E-state index contributed by atoms with van der Waals surface area (Å²) in [5.41, 5.74) is 1.26. The number of para-hydroxylation sites is 1. The van der Waals surface area contributed by atoms with Gasteiger partial charge >= 0.3 is 0 Å². The number of thioether (sulfide) groups is 2. The first-order chi connectivity index (χ1) is 11.7. The summed E-state index contributed by atoms with van der Waals surface area (Å²) in [6.45, 7) is 5.77. The highest BCUT2D eigenvalue weighted by atomic mass is 32.2. The quantitative estimate of drug-likeness (QED) is 0.531. The summed E-state index contributed by atoms with van der Waals surface area (Å²) in [5.74, 6) is 0.0185. The molecule has 2 heterocycles. The number of allylic oxidation sites excluding steroid dienone is 2. The summed E-state index contributed by atoms with van der Waals surface area (Å²) >= 11 is 8.42.